The Balaban J connectivity index is 2.09. The van der Waals surface area contributed by atoms with Gasteiger partial charge in [-0.05, 0) is 32.4 Å². The van der Waals surface area contributed by atoms with Gasteiger partial charge in [-0.2, -0.15) is 10.1 Å². The lowest BCUT2D eigenvalue weighted by molar-refractivity contribution is 0.307. The first kappa shape index (κ1) is 15.2. The van der Waals surface area contributed by atoms with Gasteiger partial charge in [0.15, 0.2) is 0 Å². The Morgan fingerprint density at radius 3 is 2.71 bits per heavy atom. The second-order valence-electron chi connectivity index (χ2n) is 5.07. The third-order valence-corrected chi connectivity index (χ3v) is 3.44. The molecule has 2 aromatic rings. The molecule has 2 heterocycles. The fraction of sp³-hybridized carbons (Fsp3) is 0.467. The molecular weight excluding hydrogens is 266 g/mol. The van der Waals surface area contributed by atoms with Crippen molar-refractivity contribution in [2.75, 3.05) is 17.7 Å². The Morgan fingerprint density at radius 1 is 1.33 bits per heavy atom. The summed E-state index contributed by atoms with van der Waals surface area (Å²) in [7, 11) is 1.95. The maximum atomic E-state index is 5.86. The monoisotopic (exact) mass is 289 g/mol. The van der Waals surface area contributed by atoms with Gasteiger partial charge < -0.3 is 15.8 Å². The number of aromatic nitrogens is 3. The minimum absolute atomic E-state index is 0.487. The molecule has 0 aliphatic rings. The number of hydrogen-bond acceptors (Lipinski definition) is 5. The van der Waals surface area contributed by atoms with E-state index in [0.29, 0.717) is 24.7 Å². The molecule has 0 aliphatic carbocycles. The first-order valence-corrected chi connectivity index (χ1v) is 7.15. The summed E-state index contributed by atoms with van der Waals surface area (Å²) in [4.78, 5) is 4.41. The van der Waals surface area contributed by atoms with Crippen LogP contribution in [-0.2, 0) is 13.6 Å². The van der Waals surface area contributed by atoms with E-state index in [9.17, 15) is 0 Å². The lowest BCUT2D eigenvalue weighted by atomic mass is 10.2. The molecule has 0 fully saturated rings. The predicted molar refractivity (Wildman–Crippen MR) is 84.4 cm³/mol. The van der Waals surface area contributed by atoms with Crippen LogP contribution < -0.4 is 15.8 Å². The molecule has 0 aliphatic heterocycles. The normalized spacial score (nSPS) is 10.7. The Labute approximate surface area is 125 Å². The van der Waals surface area contributed by atoms with Gasteiger partial charge in [0, 0.05) is 24.8 Å². The number of anilines is 2. The lowest BCUT2D eigenvalue weighted by Crippen LogP contribution is -2.06. The predicted octanol–water partition coefficient (Wildman–Crippen LogP) is 2.42. The van der Waals surface area contributed by atoms with Crippen LogP contribution in [0.3, 0.4) is 0 Å². The van der Waals surface area contributed by atoms with Gasteiger partial charge in [0.1, 0.15) is 5.82 Å². The van der Waals surface area contributed by atoms with Crippen molar-refractivity contribution in [1.82, 2.24) is 14.8 Å². The zero-order chi connectivity index (χ0) is 15.4. The van der Waals surface area contributed by atoms with Gasteiger partial charge in [0.25, 0.3) is 0 Å². The zero-order valence-corrected chi connectivity index (χ0v) is 13.1. The largest absolute Gasteiger partial charge is 0.476 e. The van der Waals surface area contributed by atoms with Crippen LogP contribution in [0.25, 0.3) is 0 Å². The standard InChI is InChI=1S/C15H23N5O/c1-5-8-21-15-13(16)6-7-14(18-15)17-9-12-10(2)19-20(4)11(12)3/h6-7H,5,8-9,16H2,1-4H3,(H,17,18). The van der Waals surface area contributed by atoms with E-state index in [-0.39, 0.29) is 0 Å². The average molecular weight is 289 g/mol. The van der Waals surface area contributed by atoms with E-state index in [1.54, 1.807) is 0 Å². The van der Waals surface area contributed by atoms with Crippen LogP contribution >= 0.6 is 0 Å². The average Bonchev–Trinajstić information content (AvgIpc) is 2.70. The van der Waals surface area contributed by atoms with Crippen molar-refractivity contribution in [3.05, 3.63) is 29.1 Å². The Hall–Kier alpha value is -2.24. The highest BCUT2D eigenvalue weighted by Crippen LogP contribution is 2.22. The minimum Gasteiger partial charge on any atom is -0.476 e. The summed E-state index contributed by atoms with van der Waals surface area (Å²) < 4.78 is 7.43. The molecule has 0 amide bonds. The fourth-order valence-electron chi connectivity index (χ4n) is 2.12. The minimum atomic E-state index is 0.487. The number of aryl methyl sites for hydroxylation is 2. The maximum Gasteiger partial charge on any atom is 0.239 e. The molecule has 114 valence electrons. The van der Waals surface area contributed by atoms with Crippen molar-refractivity contribution in [3.8, 4) is 5.88 Å². The van der Waals surface area contributed by atoms with E-state index in [1.807, 2.05) is 37.7 Å². The van der Waals surface area contributed by atoms with Gasteiger partial charge in [-0.1, -0.05) is 6.92 Å². The van der Waals surface area contributed by atoms with Crippen molar-refractivity contribution >= 4 is 11.5 Å². The van der Waals surface area contributed by atoms with E-state index >= 15 is 0 Å². The van der Waals surface area contributed by atoms with Crippen LogP contribution in [0, 0.1) is 13.8 Å². The van der Waals surface area contributed by atoms with Crippen molar-refractivity contribution in [1.29, 1.82) is 0 Å². The third-order valence-electron chi connectivity index (χ3n) is 3.44. The number of hydrogen-bond donors (Lipinski definition) is 2. The summed E-state index contributed by atoms with van der Waals surface area (Å²) in [6.07, 6.45) is 0.923. The van der Waals surface area contributed by atoms with Gasteiger partial charge in [-0.25, -0.2) is 0 Å². The SMILES string of the molecule is CCCOc1nc(NCc2c(C)nn(C)c2C)ccc1N. The number of ether oxygens (including phenoxy) is 1. The van der Waals surface area contributed by atoms with Gasteiger partial charge >= 0.3 is 0 Å². The molecule has 0 unspecified atom stereocenters. The first-order chi connectivity index (χ1) is 10.0. The van der Waals surface area contributed by atoms with Crippen molar-refractivity contribution in [2.45, 2.75) is 33.7 Å². The number of rotatable bonds is 6. The van der Waals surface area contributed by atoms with Crippen LogP contribution in [0.15, 0.2) is 12.1 Å². The molecule has 2 rings (SSSR count). The molecular formula is C15H23N5O. The zero-order valence-electron chi connectivity index (χ0n) is 13.1. The van der Waals surface area contributed by atoms with E-state index in [4.69, 9.17) is 10.5 Å². The van der Waals surface area contributed by atoms with E-state index in [1.165, 1.54) is 5.56 Å². The number of nitrogens with one attached hydrogen (secondary N) is 1. The van der Waals surface area contributed by atoms with Crippen LogP contribution in [0.4, 0.5) is 11.5 Å². The molecule has 0 aromatic carbocycles. The number of nitrogen functional groups attached to an aromatic ring is 1. The van der Waals surface area contributed by atoms with E-state index in [2.05, 4.69) is 22.3 Å². The first-order valence-electron chi connectivity index (χ1n) is 7.15. The molecule has 3 N–H and O–H groups in total. The van der Waals surface area contributed by atoms with Crippen molar-refractivity contribution < 1.29 is 4.74 Å². The highest BCUT2D eigenvalue weighted by Gasteiger charge is 2.10. The Morgan fingerprint density at radius 2 is 2.10 bits per heavy atom. The van der Waals surface area contributed by atoms with Gasteiger partial charge in [0.05, 0.1) is 18.0 Å². The smallest absolute Gasteiger partial charge is 0.239 e. The van der Waals surface area contributed by atoms with Gasteiger partial charge in [-0.3, -0.25) is 4.68 Å². The van der Waals surface area contributed by atoms with E-state index in [0.717, 1.165) is 23.6 Å². The summed E-state index contributed by atoms with van der Waals surface area (Å²) >= 11 is 0. The number of nitrogens with two attached hydrogens (primary N) is 1. The molecule has 21 heavy (non-hydrogen) atoms. The van der Waals surface area contributed by atoms with Gasteiger partial charge in [0.2, 0.25) is 5.88 Å². The van der Waals surface area contributed by atoms with E-state index < -0.39 is 0 Å². The lowest BCUT2D eigenvalue weighted by Gasteiger charge is -2.10. The molecule has 0 saturated carbocycles. The fourth-order valence-corrected chi connectivity index (χ4v) is 2.12. The summed E-state index contributed by atoms with van der Waals surface area (Å²) in [6.45, 7) is 7.41. The van der Waals surface area contributed by atoms with Gasteiger partial charge in [-0.15, -0.1) is 0 Å². The molecule has 6 heteroatoms. The van der Waals surface area contributed by atoms with Crippen molar-refractivity contribution in [2.24, 2.45) is 7.05 Å². The molecule has 0 bridgehead atoms. The Kier molecular flexibility index (Phi) is 4.67. The summed E-state index contributed by atoms with van der Waals surface area (Å²) in [5.41, 5.74) is 9.78. The topological polar surface area (TPSA) is 78.0 Å². The second-order valence-corrected chi connectivity index (χ2v) is 5.07. The van der Waals surface area contributed by atoms with Crippen LogP contribution in [0.5, 0.6) is 5.88 Å². The maximum absolute atomic E-state index is 5.86. The molecule has 0 atom stereocenters. The highest BCUT2D eigenvalue weighted by atomic mass is 16.5. The molecule has 2 aromatic heterocycles. The van der Waals surface area contributed by atoms with Crippen LogP contribution in [0.2, 0.25) is 0 Å². The molecule has 0 radical (unpaired) electrons. The summed E-state index contributed by atoms with van der Waals surface area (Å²) in [6, 6.07) is 3.67. The quantitative estimate of drug-likeness (QED) is 0.854. The summed E-state index contributed by atoms with van der Waals surface area (Å²) in [5, 5.41) is 7.71. The number of pyridine rings is 1. The Bertz CT molecular complexity index is 621. The van der Waals surface area contributed by atoms with Crippen LogP contribution in [0.1, 0.15) is 30.3 Å². The van der Waals surface area contributed by atoms with Crippen LogP contribution in [-0.4, -0.2) is 21.4 Å². The second kappa shape index (κ2) is 6.47. The van der Waals surface area contributed by atoms with Crippen molar-refractivity contribution in [3.63, 3.8) is 0 Å². The number of nitrogens with zero attached hydrogens (tertiary/aromatic N) is 3. The summed E-state index contributed by atoms with van der Waals surface area (Å²) in [5.74, 6) is 1.24. The highest BCUT2D eigenvalue weighted by molar-refractivity contribution is 5.53. The molecule has 0 saturated heterocycles. The molecule has 0 spiro atoms. The third kappa shape index (κ3) is 3.45. The molecule has 6 nitrogen and oxygen atoms in total.